The molecule has 1 aromatic heterocycles. The fourth-order valence-electron chi connectivity index (χ4n) is 2.92. The summed E-state index contributed by atoms with van der Waals surface area (Å²) in [4.78, 5) is 44.5. The molecule has 1 aliphatic heterocycles. The number of rotatable bonds is 4. The lowest BCUT2D eigenvalue weighted by Gasteiger charge is -2.10. The van der Waals surface area contributed by atoms with Crippen molar-refractivity contribution in [2.24, 2.45) is 0 Å². The largest absolute Gasteiger partial charge is 0.461 e. The van der Waals surface area contributed by atoms with Crippen LogP contribution in [0.15, 0.2) is 50.4 Å². The van der Waals surface area contributed by atoms with Gasteiger partial charge in [0.1, 0.15) is 22.4 Å². The van der Waals surface area contributed by atoms with Crippen LogP contribution in [0.25, 0.3) is 33.5 Å². The summed E-state index contributed by atoms with van der Waals surface area (Å²) < 4.78 is 10.8. The summed E-state index contributed by atoms with van der Waals surface area (Å²) in [5.41, 5.74) is 0.345. The van der Waals surface area contributed by atoms with E-state index in [1.54, 1.807) is 24.3 Å². The Kier molecular flexibility index (Phi) is 4.19. The Morgan fingerprint density at radius 3 is 2.81 bits per heavy atom. The van der Waals surface area contributed by atoms with Gasteiger partial charge in [-0.2, -0.15) is 0 Å². The van der Waals surface area contributed by atoms with Gasteiger partial charge < -0.3 is 14.1 Å². The third kappa shape index (κ3) is 2.97. The summed E-state index contributed by atoms with van der Waals surface area (Å²) in [5.74, 6) is -0.451. The van der Waals surface area contributed by atoms with Crippen molar-refractivity contribution in [3.8, 4) is 11.5 Å². The Hall–Kier alpha value is -3.48. The second-order valence-electron chi connectivity index (χ2n) is 6.19. The zero-order valence-corrected chi connectivity index (χ0v) is 14.6. The number of nitrogens with zero attached hydrogens (tertiary/aromatic N) is 1. The van der Waals surface area contributed by atoms with E-state index in [1.165, 1.54) is 6.07 Å². The lowest BCUT2D eigenvalue weighted by atomic mass is 10.1. The standard InChI is InChI=1S/C20H16N2O5/c1-2-3-8-26-20(25)12-9-13(23)17-18(22-12)14(24)10-16-19(17)21-11-6-4-5-7-15(11)27-16/h4-7,9-10H,2-3,8H2,1H3,(H,22,23). The number of esters is 1. The molecule has 27 heavy (non-hydrogen) atoms. The third-order valence-corrected chi connectivity index (χ3v) is 4.28. The van der Waals surface area contributed by atoms with E-state index in [0.717, 1.165) is 18.9 Å². The molecule has 0 unspecified atom stereocenters. The fourth-order valence-corrected chi connectivity index (χ4v) is 2.92. The predicted molar refractivity (Wildman–Crippen MR) is 100 cm³/mol. The molecule has 0 saturated carbocycles. The van der Waals surface area contributed by atoms with Crippen LogP contribution < -0.4 is 10.9 Å². The molecule has 0 fully saturated rings. The molecule has 0 radical (unpaired) electrons. The van der Waals surface area contributed by atoms with Gasteiger partial charge in [-0.3, -0.25) is 9.59 Å². The van der Waals surface area contributed by atoms with Crippen LogP contribution in [-0.2, 0) is 4.74 Å². The van der Waals surface area contributed by atoms with Gasteiger partial charge >= 0.3 is 5.97 Å². The number of nitrogens with one attached hydrogen (secondary N) is 1. The van der Waals surface area contributed by atoms with Crippen molar-refractivity contribution in [1.29, 1.82) is 0 Å². The van der Waals surface area contributed by atoms with Crippen molar-refractivity contribution in [2.45, 2.75) is 19.8 Å². The van der Waals surface area contributed by atoms with Crippen molar-refractivity contribution >= 4 is 28.0 Å². The van der Waals surface area contributed by atoms with Crippen LogP contribution in [0, 0.1) is 0 Å². The molecule has 7 heteroatoms. The van der Waals surface area contributed by atoms with E-state index in [9.17, 15) is 14.4 Å². The van der Waals surface area contributed by atoms with Crippen molar-refractivity contribution in [3.63, 3.8) is 0 Å². The first-order valence-corrected chi connectivity index (χ1v) is 8.65. The van der Waals surface area contributed by atoms with Gasteiger partial charge in [-0.1, -0.05) is 25.5 Å². The first-order valence-electron chi connectivity index (χ1n) is 8.65. The van der Waals surface area contributed by atoms with Gasteiger partial charge in [0.25, 0.3) is 0 Å². The fraction of sp³-hybridized carbons (Fsp3) is 0.200. The number of hydrogen-bond donors (Lipinski definition) is 1. The summed E-state index contributed by atoms with van der Waals surface area (Å²) in [7, 11) is 0. The van der Waals surface area contributed by atoms with E-state index in [0.29, 0.717) is 11.1 Å². The van der Waals surface area contributed by atoms with E-state index in [2.05, 4.69) is 9.97 Å². The number of unbranched alkanes of at least 4 members (excludes halogenated alkanes) is 1. The van der Waals surface area contributed by atoms with Crippen LogP contribution in [0.2, 0.25) is 0 Å². The van der Waals surface area contributed by atoms with Crippen molar-refractivity contribution in [3.05, 3.63) is 62.5 Å². The second kappa shape index (κ2) is 6.68. The van der Waals surface area contributed by atoms with Gasteiger partial charge in [0.2, 0.25) is 5.43 Å². The quantitative estimate of drug-likeness (QED) is 0.258. The zero-order chi connectivity index (χ0) is 19.0. The summed E-state index contributed by atoms with van der Waals surface area (Å²) in [6.45, 7) is 2.23. The highest BCUT2D eigenvalue weighted by molar-refractivity contribution is 5.97. The lowest BCUT2D eigenvalue weighted by molar-refractivity contribution is 0.0493. The first-order chi connectivity index (χ1) is 13.1. The molecule has 4 rings (SSSR count). The lowest BCUT2D eigenvalue weighted by Crippen LogP contribution is -2.18. The van der Waals surface area contributed by atoms with Gasteiger partial charge in [0.05, 0.1) is 12.0 Å². The molecule has 2 heterocycles. The SMILES string of the molecule is CCCCOC(=O)c1cc(=O)c2c3nc4ccccc4oc-3cc(=O)c2[nH]1. The summed E-state index contributed by atoms with van der Waals surface area (Å²) in [6.07, 6.45) is 1.60. The molecule has 2 aliphatic rings. The molecule has 0 saturated heterocycles. The van der Waals surface area contributed by atoms with Gasteiger partial charge in [-0.25, -0.2) is 9.78 Å². The number of fused-ring (bicyclic) bond motifs is 4. The summed E-state index contributed by atoms with van der Waals surface area (Å²) in [6, 6.07) is 9.47. The molecular formula is C20H16N2O5. The van der Waals surface area contributed by atoms with Crippen molar-refractivity contribution in [2.75, 3.05) is 6.61 Å². The zero-order valence-electron chi connectivity index (χ0n) is 14.6. The van der Waals surface area contributed by atoms with E-state index < -0.39 is 16.8 Å². The van der Waals surface area contributed by atoms with E-state index >= 15 is 0 Å². The van der Waals surface area contributed by atoms with Crippen LogP contribution in [0.3, 0.4) is 0 Å². The predicted octanol–water partition coefficient (Wildman–Crippen LogP) is 3.09. The number of hydrogen-bond acceptors (Lipinski definition) is 6. The molecule has 0 atom stereocenters. The van der Waals surface area contributed by atoms with Crippen LogP contribution in [0.1, 0.15) is 30.3 Å². The number of carbonyl (C=O) groups is 1. The minimum Gasteiger partial charge on any atom is -0.461 e. The number of aromatic nitrogens is 2. The molecule has 7 nitrogen and oxygen atoms in total. The average Bonchev–Trinajstić information content (AvgIpc) is 2.66. The average molecular weight is 364 g/mol. The normalized spacial score (nSPS) is 11.3. The topological polar surface area (TPSA) is 102 Å². The maximum absolute atomic E-state index is 12.7. The number of aromatic amines is 1. The first kappa shape index (κ1) is 17.0. The number of ether oxygens (including phenoxy) is 1. The molecule has 2 aromatic rings. The van der Waals surface area contributed by atoms with Crippen molar-refractivity contribution in [1.82, 2.24) is 9.97 Å². The smallest absolute Gasteiger partial charge is 0.354 e. The summed E-state index contributed by atoms with van der Waals surface area (Å²) >= 11 is 0. The molecule has 1 N–H and O–H groups in total. The Morgan fingerprint density at radius 2 is 2.00 bits per heavy atom. The minimum absolute atomic E-state index is 0.00965. The summed E-state index contributed by atoms with van der Waals surface area (Å²) in [5, 5.41) is 0.0945. The minimum atomic E-state index is -0.668. The highest BCUT2D eigenvalue weighted by Gasteiger charge is 2.20. The van der Waals surface area contributed by atoms with Crippen LogP contribution in [0.4, 0.5) is 0 Å². The maximum atomic E-state index is 12.7. The number of benzene rings is 2. The van der Waals surface area contributed by atoms with Gasteiger partial charge in [0, 0.05) is 12.1 Å². The van der Waals surface area contributed by atoms with Crippen LogP contribution >= 0.6 is 0 Å². The molecule has 0 spiro atoms. The number of pyridine rings is 1. The molecule has 136 valence electrons. The van der Waals surface area contributed by atoms with E-state index in [4.69, 9.17) is 9.15 Å². The maximum Gasteiger partial charge on any atom is 0.354 e. The molecule has 1 aliphatic carbocycles. The van der Waals surface area contributed by atoms with Crippen LogP contribution in [0.5, 0.6) is 0 Å². The third-order valence-electron chi connectivity index (χ3n) is 4.28. The highest BCUT2D eigenvalue weighted by Crippen LogP contribution is 2.27. The monoisotopic (exact) mass is 364 g/mol. The molecule has 0 bridgehead atoms. The number of H-pyrrole nitrogens is 1. The number of carbonyl (C=O) groups excluding carboxylic acids is 1. The van der Waals surface area contributed by atoms with Gasteiger partial charge in [0.15, 0.2) is 16.8 Å². The molecule has 1 aromatic carbocycles. The van der Waals surface area contributed by atoms with E-state index in [1.807, 2.05) is 6.92 Å². The number of para-hydroxylation sites is 2. The Morgan fingerprint density at radius 1 is 1.19 bits per heavy atom. The second-order valence-corrected chi connectivity index (χ2v) is 6.19. The van der Waals surface area contributed by atoms with Crippen molar-refractivity contribution < 1.29 is 13.9 Å². The molecular weight excluding hydrogens is 348 g/mol. The van der Waals surface area contributed by atoms with Crippen LogP contribution in [-0.4, -0.2) is 22.5 Å². The molecule has 0 amide bonds. The van der Waals surface area contributed by atoms with Gasteiger partial charge in [-0.05, 0) is 18.6 Å². The van der Waals surface area contributed by atoms with E-state index in [-0.39, 0.29) is 34.7 Å². The Balaban J connectivity index is 1.94. The van der Waals surface area contributed by atoms with Gasteiger partial charge in [-0.15, -0.1) is 0 Å². The highest BCUT2D eigenvalue weighted by atomic mass is 16.5. The Labute approximate surface area is 152 Å². The Bertz CT molecular complexity index is 1250.